The number of aryl methyl sites for hydroxylation is 1. The Morgan fingerprint density at radius 2 is 2.00 bits per heavy atom. The fourth-order valence-corrected chi connectivity index (χ4v) is 3.69. The molecule has 0 unspecified atom stereocenters. The molecule has 2 aliphatic rings. The van der Waals surface area contributed by atoms with Crippen LogP contribution in [0.15, 0.2) is 39.8 Å². The number of hydrogen-bond donors (Lipinski definition) is 1. The van der Waals surface area contributed by atoms with Crippen LogP contribution < -0.4 is 10.1 Å². The van der Waals surface area contributed by atoms with E-state index in [1.165, 1.54) is 12.8 Å². The monoisotopic (exact) mass is 539 g/mol. The maximum absolute atomic E-state index is 6.05. The van der Waals surface area contributed by atoms with E-state index in [2.05, 4.69) is 45.4 Å². The molecule has 2 fully saturated rings. The Kier molecular flexibility index (Phi) is 9.01. The van der Waals surface area contributed by atoms with Gasteiger partial charge in [-0.15, -0.1) is 24.0 Å². The number of para-hydroxylation sites is 1. The summed E-state index contributed by atoms with van der Waals surface area (Å²) in [6.45, 7) is 11.1. The maximum atomic E-state index is 6.05. The average Bonchev–Trinajstić information content (AvgIpc) is 3.51. The number of hydrogen-bond acceptors (Lipinski definition) is 5. The van der Waals surface area contributed by atoms with E-state index in [9.17, 15) is 0 Å². The fourth-order valence-electron chi connectivity index (χ4n) is 3.69. The number of guanidine groups is 1. The van der Waals surface area contributed by atoms with E-state index in [4.69, 9.17) is 14.3 Å². The van der Waals surface area contributed by atoms with E-state index >= 15 is 0 Å². The highest BCUT2D eigenvalue weighted by atomic mass is 127. The summed E-state index contributed by atoms with van der Waals surface area (Å²) in [5.74, 6) is 3.56. The van der Waals surface area contributed by atoms with Gasteiger partial charge in [0.15, 0.2) is 5.96 Å². The second kappa shape index (κ2) is 11.7. The molecular weight excluding hydrogens is 505 g/mol. The first-order valence-electron chi connectivity index (χ1n) is 11.1. The van der Waals surface area contributed by atoms with Gasteiger partial charge in [-0.1, -0.05) is 23.4 Å². The molecule has 0 bridgehead atoms. The van der Waals surface area contributed by atoms with Gasteiger partial charge in [0.25, 0.3) is 0 Å². The van der Waals surface area contributed by atoms with Crippen molar-refractivity contribution >= 4 is 29.9 Å². The highest BCUT2D eigenvalue weighted by molar-refractivity contribution is 14.0. The minimum atomic E-state index is 0. The van der Waals surface area contributed by atoms with Gasteiger partial charge in [0.05, 0.1) is 18.8 Å². The summed E-state index contributed by atoms with van der Waals surface area (Å²) in [6, 6.07) is 10.3. The topological polar surface area (TPSA) is 66.1 Å². The molecule has 1 aliphatic heterocycles. The molecule has 31 heavy (non-hydrogen) atoms. The summed E-state index contributed by atoms with van der Waals surface area (Å²) in [7, 11) is 0. The minimum absolute atomic E-state index is 0. The molecule has 4 rings (SSSR count). The van der Waals surface area contributed by atoms with Crippen molar-refractivity contribution in [2.24, 2.45) is 10.9 Å². The SMILES string of the molecule is CCNC(=NCc1ccccc1OCC1CC1)N1CCN(Cc2cc(C)on2)CC1.I. The smallest absolute Gasteiger partial charge is 0.194 e. The van der Waals surface area contributed by atoms with Crippen molar-refractivity contribution < 1.29 is 9.26 Å². The Balaban J connectivity index is 0.00000272. The summed E-state index contributed by atoms with van der Waals surface area (Å²) < 4.78 is 11.2. The molecule has 0 radical (unpaired) electrons. The largest absolute Gasteiger partial charge is 0.493 e. The molecule has 0 spiro atoms. The van der Waals surface area contributed by atoms with E-state index in [-0.39, 0.29) is 24.0 Å². The zero-order valence-electron chi connectivity index (χ0n) is 18.5. The van der Waals surface area contributed by atoms with E-state index < -0.39 is 0 Å². The van der Waals surface area contributed by atoms with E-state index in [1.807, 2.05) is 19.1 Å². The summed E-state index contributed by atoms with van der Waals surface area (Å²) in [5, 5.41) is 7.58. The molecule has 1 aliphatic carbocycles. The molecule has 1 aromatic carbocycles. The van der Waals surface area contributed by atoms with Gasteiger partial charge in [0.1, 0.15) is 11.5 Å². The average molecular weight is 539 g/mol. The Morgan fingerprint density at radius 1 is 1.23 bits per heavy atom. The Labute approximate surface area is 202 Å². The van der Waals surface area contributed by atoms with E-state index in [0.717, 1.165) is 80.5 Å². The van der Waals surface area contributed by atoms with Crippen molar-refractivity contribution in [1.82, 2.24) is 20.3 Å². The van der Waals surface area contributed by atoms with Crippen LogP contribution in [0, 0.1) is 12.8 Å². The van der Waals surface area contributed by atoms with Gasteiger partial charge < -0.3 is 19.5 Å². The number of halogens is 1. The van der Waals surface area contributed by atoms with Gasteiger partial charge in [-0.2, -0.15) is 0 Å². The van der Waals surface area contributed by atoms with Gasteiger partial charge in [0.2, 0.25) is 0 Å². The summed E-state index contributed by atoms with van der Waals surface area (Å²) in [5.41, 5.74) is 2.15. The number of aromatic nitrogens is 1. The van der Waals surface area contributed by atoms with Crippen molar-refractivity contribution in [3.63, 3.8) is 0 Å². The minimum Gasteiger partial charge on any atom is -0.493 e. The predicted octanol–water partition coefficient (Wildman–Crippen LogP) is 3.67. The van der Waals surface area contributed by atoms with Gasteiger partial charge >= 0.3 is 0 Å². The first-order valence-corrected chi connectivity index (χ1v) is 11.1. The van der Waals surface area contributed by atoms with Crippen molar-refractivity contribution in [2.45, 2.75) is 39.8 Å². The van der Waals surface area contributed by atoms with E-state index in [0.29, 0.717) is 6.54 Å². The zero-order valence-corrected chi connectivity index (χ0v) is 20.9. The van der Waals surface area contributed by atoms with Gasteiger partial charge in [-0.25, -0.2) is 4.99 Å². The zero-order chi connectivity index (χ0) is 20.8. The molecule has 1 saturated carbocycles. The normalized spacial score (nSPS) is 17.4. The predicted molar refractivity (Wildman–Crippen MR) is 133 cm³/mol. The summed E-state index contributed by atoms with van der Waals surface area (Å²) >= 11 is 0. The lowest BCUT2D eigenvalue weighted by Crippen LogP contribution is -2.52. The second-order valence-corrected chi connectivity index (χ2v) is 8.22. The highest BCUT2D eigenvalue weighted by Crippen LogP contribution is 2.30. The Morgan fingerprint density at radius 3 is 2.68 bits per heavy atom. The number of benzene rings is 1. The van der Waals surface area contributed by atoms with E-state index in [1.54, 1.807) is 0 Å². The van der Waals surface area contributed by atoms with Crippen LogP contribution in [0.25, 0.3) is 0 Å². The molecule has 170 valence electrons. The number of ether oxygens (including phenoxy) is 1. The lowest BCUT2D eigenvalue weighted by atomic mass is 10.2. The third kappa shape index (κ3) is 7.10. The van der Waals surface area contributed by atoms with Gasteiger partial charge in [-0.3, -0.25) is 4.90 Å². The molecule has 1 N–H and O–H groups in total. The van der Waals surface area contributed by atoms with Crippen molar-refractivity contribution in [3.05, 3.63) is 47.3 Å². The summed E-state index contributed by atoms with van der Waals surface area (Å²) in [6.07, 6.45) is 2.60. The quantitative estimate of drug-likeness (QED) is 0.314. The lowest BCUT2D eigenvalue weighted by molar-refractivity contribution is 0.169. The first kappa shape index (κ1) is 23.8. The van der Waals surface area contributed by atoms with Crippen LogP contribution in [0.4, 0.5) is 0 Å². The van der Waals surface area contributed by atoms with Crippen molar-refractivity contribution in [3.8, 4) is 5.75 Å². The third-order valence-corrected chi connectivity index (χ3v) is 5.61. The number of aliphatic imine (C=N–C) groups is 1. The molecule has 1 aromatic heterocycles. The molecule has 1 saturated heterocycles. The Hall–Kier alpha value is -1.81. The Bertz CT molecular complexity index is 844. The number of nitrogens with one attached hydrogen (secondary N) is 1. The van der Waals surface area contributed by atoms with Crippen LogP contribution in [-0.2, 0) is 13.1 Å². The molecule has 0 atom stereocenters. The van der Waals surface area contributed by atoms with Crippen molar-refractivity contribution in [2.75, 3.05) is 39.3 Å². The standard InChI is InChI=1S/C23H33N5O2.HI/c1-3-24-23(25-15-20-6-4-5-7-22(20)29-17-19-8-9-19)28-12-10-27(11-13-28)16-21-14-18(2)30-26-21;/h4-7,14,19H,3,8-13,15-17H2,1-2H3,(H,24,25);1H. The van der Waals surface area contributed by atoms with Crippen molar-refractivity contribution in [1.29, 1.82) is 0 Å². The van der Waals surface area contributed by atoms with Crippen LogP contribution in [-0.4, -0.2) is 60.2 Å². The summed E-state index contributed by atoms with van der Waals surface area (Å²) in [4.78, 5) is 9.69. The van der Waals surface area contributed by atoms with Gasteiger partial charge in [0, 0.05) is 50.9 Å². The molecule has 8 heteroatoms. The lowest BCUT2D eigenvalue weighted by Gasteiger charge is -2.36. The number of nitrogens with zero attached hydrogens (tertiary/aromatic N) is 4. The third-order valence-electron chi connectivity index (χ3n) is 5.61. The first-order chi connectivity index (χ1) is 14.7. The van der Waals surface area contributed by atoms with Crippen LogP contribution >= 0.6 is 24.0 Å². The number of piperazine rings is 1. The van der Waals surface area contributed by atoms with Crippen LogP contribution in [0.1, 0.15) is 36.8 Å². The highest BCUT2D eigenvalue weighted by Gasteiger charge is 2.23. The fraction of sp³-hybridized carbons (Fsp3) is 0.565. The molecular formula is C23H34IN5O2. The second-order valence-electron chi connectivity index (χ2n) is 8.22. The van der Waals surface area contributed by atoms with Crippen LogP contribution in [0.2, 0.25) is 0 Å². The number of rotatable bonds is 8. The molecule has 7 nitrogen and oxygen atoms in total. The molecule has 0 amide bonds. The van der Waals surface area contributed by atoms with Gasteiger partial charge in [-0.05, 0) is 38.7 Å². The molecule has 2 aromatic rings. The van der Waals surface area contributed by atoms with Crippen LogP contribution in [0.5, 0.6) is 5.75 Å². The van der Waals surface area contributed by atoms with Crippen LogP contribution in [0.3, 0.4) is 0 Å². The maximum Gasteiger partial charge on any atom is 0.194 e. The molecule has 2 heterocycles.